The van der Waals surface area contributed by atoms with Crippen LogP contribution in [0.3, 0.4) is 0 Å². The van der Waals surface area contributed by atoms with Gasteiger partial charge in [0.2, 0.25) is 0 Å². The number of nitrogens with one attached hydrogen (secondary N) is 1. The summed E-state index contributed by atoms with van der Waals surface area (Å²) >= 11 is 0. The van der Waals surface area contributed by atoms with E-state index in [0.29, 0.717) is 12.1 Å². The maximum Gasteiger partial charge on any atom is 0.0684 e. The van der Waals surface area contributed by atoms with Gasteiger partial charge in [-0.3, -0.25) is 4.90 Å². The van der Waals surface area contributed by atoms with Gasteiger partial charge in [-0.05, 0) is 34.1 Å². The number of rotatable bonds is 3. The molecule has 3 heteroatoms. The van der Waals surface area contributed by atoms with Gasteiger partial charge in [0.15, 0.2) is 0 Å². The standard InChI is InChI=1S/C12H23N3/c1-10-8-15(11(2)7-14-10)6-5-12(3,4)9-13/h10-11,14H,5-8H2,1-4H3. The molecule has 1 fully saturated rings. The van der Waals surface area contributed by atoms with Crippen molar-refractivity contribution in [2.24, 2.45) is 5.41 Å². The minimum atomic E-state index is -0.187. The zero-order valence-corrected chi connectivity index (χ0v) is 10.4. The van der Waals surface area contributed by atoms with Gasteiger partial charge in [-0.15, -0.1) is 0 Å². The zero-order chi connectivity index (χ0) is 11.5. The second kappa shape index (κ2) is 4.96. The van der Waals surface area contributed by atoms with Gasteiger partial charge >= 0.3 is 0 Å². The summed E-state index contributed by atoms with van der Waals surface area (Å²) in [7, 11) is 0. The Morgan fingerprint density at radius 2 is 2.13 bits per heavy atom. The molecule has 0 aliphatic carbocycles. The lowest BCUT2D eigenvalue weighted by atomic mass is 9.91. The van der Waals surface area contributed by atoms with Crippen LogP contribution in [0, 0.1) is 16.7 Å². The molecule has 0 aromatic heterocycles. The van der Waals surface area contributed by atoms with Crippen LogP contribution in [-0.4, -0.2) is 36.6 Å². The third-order valence-corrected chi connectivity index (χ3v) is 3.22. The molecule has 0 aromatic carbocycles. The molecule has 1 heterocycles. The molecule has 0 spiro atoms. The molecular weight excluding hydrogens is 186 g/mol. The van der Waals surface area contributed by atoms with Crippen molar-refractivity contribution in [2.45, 2.75) is 46.2 Å². The molecule has 15 heavy (non-hydrogen) atoms. The fourth-order valence-corrected chi connectivity index (χ4v) is 1.89. The molecule has 0 aromatic rings. The monoisotopic (exact) mass is 209 g/mol. The van der Waals surface area contributed by atoms with Gasteiger partial charge in [-0.2, -0.15) is 5.26 Å². The van der Waals surface area contributed by atoms with Crippen LogP contribution in [-0.2, 0) is 0 Å². The van der Waals surface area contributed by atoms with E-state index in [1.54, 1.807) is 0 Å². The molecule has 1 rings (SSSR count). The minimum Gasteiger partial charge on any atom is -0.311 e. The molecule has 0 saturated carbocycles. The Labute approximate surface area is 93.5 Å². The summed E-state index contributed by atoms with van der Waals surface area (Å²) in [5, 5.41) is 12.4. The van der Waals surface area contributed by atoms with Gasteiger partial charge in [0.25, 0.3) is 0 Å². The average Bonchev–Trinajstić information content (AvgIpc) is 2.20. The summed E-state index contributed by atoms with van der Waals surface area (Å²) in [6.45, 7) is 11.7. The molecule has 0 radical (unpaired) electrons. The van der Waals surface area contributed by atoms with E-state index in [9.17, 15) is 0 Å². The topological polar surface area (TPSA) is 39.1 Å². The normalized spacial score (nSPS) is 28.7. The summed E-state index contributed by atoms with van der Waals surface area (Å²) in [6, 6.07) is 3.53. The predicted molar refractivity (Wildman–Crippen MR) is 62.5 cm³/mol. The lowest BCUT2D eigenvalue weighted by Crippen LogP contribution is -2.54. The lowest BCUT2D eigenvalue weighted by Gasteiger charge is -2.38. The van der Waals surface area contributed by atoms with Crippen LogP contribution in [0.5, 0.6) is 0 Å². The van der Waals surface area contributed by atoms with Crippen LogP contribution in [0.1, 0.15) is 34.1 Å². The van der Waals surface area contributed by atoms with Crippen molar-refractivity contribution in [3.8, 4) is 6.07 Å². The number of hydrogen-bond donors (Lipinski definition) is 1. The predicted octanol–water partition coefficient (Wildman–Crippen LogP) is 1.61. The van der Waals surface area contributed by atoms with Gasteiger partial charge in [-0.25, -0.2) is 0 Å². The Bertz CT molecular complexity index is 242. The van der Waals surface area contributed by atoms with Crippen molar-refractivity contribution in [1.29, 1.82) is 5.26 Å². The highest BCUT2D eigenvalue weighted by atomic mass is 15.2. The molecule has 2 atom stereocenters. The Hall–Kier alpha value is -0.590. The van der Waals surface area contributed by atoms with Gasteiger partial charge in [0.05, 0.1) is 11.5 Å². The van der Waals surface area contributed by atoms with Crippen molar-refractivity contribution in [2.75, 3.05) is 19.6 Å². The third kappa shape index (κ3) is 3.81. The maximum atomic E-state index is 8.96. The summed E-state index contributed by atoms with van der Waals surface area (Å²) in [6.07, 6.45) is 0.959. The van der Waals surface area contributed by atoms with Gasteiger partial charge in [0.1, 0.15) is 0 Å². The van der Waals surface area contributed by atoms with E-state index in [1.807, 2.05) is 13.8 Å². The van der Waals surface area contributed by atoms with E-state index < -0.39 is 0 Å². The molecule has 0 amide bonds. The molecule has 2 unspecified atom stereocenters. The Balaban J connectivity index is 2.40. The van der Waals surface area contributed by atoms with Crippen LogP contribution in [0.15, 0.2) is 0 Å². The summed E-state index contributed by atoms with van der Waals surface area (Å²) in [4.78, 5) is 2.49. The number of nitriles is 1. The fourth-order valence-electron chi connectivity index (χ4n) is 1.89. The first-order valence-corrected chi connectivity index (χ1v) is 5.83. The molecule has 1 aliphatic heterocycles. The molecule has 3 nitrogen and oxygen atoms in total. The van der Waals surface area contributed by atoms with Crippen LogP contribution in [0.4, 0.5) is 0 Å². The smallest absolute Gasteiger partial charge is 0.0684 e. The highest BCUT2D eigenvalue weighted by Gasteiger charge is 2.24. The van der Waals surface area contributed by atoms with Crippen LogP contribution >= 0.6 is 0 Å². The quantitative estimate of drug-likeness (QED) is 0.767. The fraction of sp³-hybridized carbons (Fsp3) is 0.917. The van der Waals surface area contributed by atoms with Gasteiger partial charge < -0.3 is 5.32 Å². The highest BCUT2D eigenvalue weighted by molar-refractivity contribution is 4.93. The average molecular weight is 209 g/mol. The van der Waals surface area contributed by atoms with E-state index in [4.69, 9.17) is 5.26 Å². The van der Waals surface area contributed by atoms with Gasteiger partial charge in [-0.1, -0.05) is 0 Å². The lowest BCUT2D eigenvalue weighted by molar-refractivity contribution is 0.134. The maximum absolute atomic E-state index is 8.96. The molecular formula is C12H23N3. The molecule has 0 bridgehead atoms. The molecule has 86 valence electrons. The van der Waals surface area contributed by atoms with Crippen molar-refractivity contribution >= 4 is 0 Å². The van der Waals surface area contributed by atoms with Gasteiger partial charge in [0, 0.05) is 31.7 Å². The van der Waals surface area contributed by atoms with E-state index in [2.05, 4.69) is 30.1 Å². The first-order chi connectivity index (χ1) is 6.94. The first kappa shape index (κ1) is 12.5. The second-order valence-corrected chi connectivity index (χ2v) is 5.40. The zero-order valence-electron chi connectivity index (χ0n) is 10.4. The van der Waals surface area contributed by atoms with Crippen molar-refractivity contribution in [1.82, 2.24) is 10.2 Å². The molecule has 1 aliphatic rings. The number of nitrogens with zero attached hydrogens (tertiary/aromatic N) is 2. The van der Waals surface area contributed by atoms with E-state index in [1.165, 1.54) is 0 Å². The SMILES string of the molecule is CC1CN(CCC(C)(C)C#N)C(C)CN1. The minimum absolute atomic E-state index is 0.187. The second-order valence-electron chi connectivity index (χ2n) is 5.40. The largest absolute Gasteiger partial charge is 0.311 e. The number of hydrogen-bond acceptors (Lipinski definition) is 3. The van der Waals surface area contributed by atoms with Crippen LogP contribution < -0.4 is 5.32 Å². The van der Waals surface area contributed by atoms with E-state index in [0.717, 1.165) is 26.1 Å². The molecule has 1 N–H and O–H groups in total. The van der Waals surface area contributed by atoms with E-state index >= 15 is 0 Å². The third-order valence-electron chi connectivity index (χ3n) is 3.22. The first-order valence-electron chi connectivity index (χ1n) is 5.83. The van der Waals surface area contributed by atoms with Crippen molar-refractivity contribution < 1.29 is 0 Å². The van der Waals surface area contributed by atoms with Crippen LogP contribution in [0.25, 0.3) is 0 Å². The highest BCUT2D eigenvalue weighted by Crippen LogP contribution is 2.20. The van der Waals surface area contributed by atoms with E-state index in [-0.39, 0.29) is 5.41 Å². The Morgan fingerprint density at radius 1 is 1.47 bits per heavy atom. The Morgan fingerprint density at radius 3 is 2.73 bits per heavy atom. The van der Waals surface area contributed by atoms with Crippen molar-refractivity contribution in [3.05, 3.63) is 0 Å². The molecule has 1 saturated heterocycles. The number of piperazine rings is 1. The van der Waals surface area contributed by atoms with Crippen molar-refractivity contribution in [3.63, 3.8) is 0 Å². The summed E-state index contributed by atoms with van der Waals surface area (Å²) < 4.78 is 0. The Kier molecular flexibility index (Phi) is 4.12. The summed E-state index contributed by atoms with van der Waals surface area (Å²) in [5.74, 6) is 0. The van der Waals surface area contributed by atoms with Crippen LogP contribution in [0.2, 0.25) is 0 Å². The summed E-state index contributed by atoms with van der Waals surface area (Å²) in [5.41, 5.74) is -0.187.